The number of rotatable bonds is 4. The smallest absolute Gasteiger partial charge is 0.227 e. The molecule has 0 aromatic heterocycles. The zero-order valence-corrected chi connectivity index (χ0v) is 11.8. The van der Waals surface area contributed by atoms with Crippen molar-refractivity contribution in [1.82, 2.24) is 10.6 Å². The summed E-state index contributed by atoms with van der Waals surface area (Å²) in [6.07, 6.45) is 8.10. The minimum absolute atomic E-state index is 0.193. The molecule has 1 unspecified atom stereocenters. The van der Waals surface area contributed by atoms with Crippen LogP contribution in [-0.4, -0.2) is 36.5 Å². The number of hydrogen-bond acceptors (Lipinski definition) is 3. The lowest BCUT2D eigenvalue weighted by Gasteiger charge is -2.41. The van der Waals surface area contributed by atoms with Crippen molar-refractivity contribution < 1.29 is 4.79 Å². The van der Waals surface area contributed by atoms with Gasteiger partial charge in [-0.05, 0) is 45.4 Å². The molecule has 1 aliphatic heterocycles. The van der Waals surface area contributed by atoms with E-state index < -0.39 is 0 Å². The normalized spacial score (nSPS) is 31.6. The SMILES string of the molecule is CSC1(CNC(=O)C2(C)CCCNC2)CCC1. The van der Waals surface area contributed by atoms with Crippen molar-refractivity contribution in [3.63, 3.8) is 0 Å². The highest BCUT2D eigenvalue weighted by Gasteiger charge is 2.39. The van der Waals surface area contributed by atoms with E-state index in [4.69, 9.17) is 0 Å². The van der Waals surface area contributed by atoms with E-state index in [9.17, 15) is 4.79 Å². The predicted molar refractivity (Wildman–Crippen MR) is 73.3 cm³/mol. The summed E-state index contributed by atoms with van der Waals surface area (Å²) in [7, 11) is 0. The molecule has 0 aromatic carbocycles. The Labute approximate surface area is 108 Å². The average Bonchev–Trinajstić information content (AvgIpc) is 2.29. The molecule has 1 saturated carbocycles. The second-order valence-corrected chi connectivity index (χ2v) is 7.04. The lowest BCUT2D eigenvalue weighted by Crippen LogP contribution is -2.53. The van der Waals surface area contributed by atoms with Gasteiger partial charge < -0.3 is 10.6 Å². The first-order chi connectivity index (χ1) is 8.10. The van der Waals surface area contributed by atoms with Crippen molar-refractivity contribution in [2.45, 2.75) is 43.8 Å². The van der Waals surface area contributed by atoms with Gasteiger partial charge in [-0.1, -0.05) is 6.42 Å². The monoisotopic (exact) mass is 256 g/mol. The van der Waals surface area contributed by atoms with Crippen LogP contribution in [0.15, 0.2) is 0 Å². The lowest BCUT2D eigenvalue weighted by atomic mass is 9.80. The topological polar surface area (TPSA) is 41.1 Å². The third-order valence-corrected chi connectivity index (χ3v) is 5.83. The van der Waals surface area contributed by atoms with Crippen molar-refractivity contribution in [1.29, 1.82) is 0 Å². The third kappa shape index (κ3) is 2.79. The van der Waals surface area contributed by atoms with Crippen LogP contribution in [0, 0.1) is 5.41 Å². The molecule has 0 aromatic rings. The van der Waals surface area contributed by atoms with Gasteiger partial charge in [-0.3, -0.25) is 4.79 Å². The predicted octanol–water partition coefficient (Wildman–Crippen LogP) is 1.78. The summed E-state index contributed by atoms with van der Waals surface area (Å²) in [5, 5.41) is 6.52. The zero-order valence-electron chi connectivity index (χ0n) is 11.0. The van der Waals surface area contributed by atoms with E-state index in [0.29, 0.717) is 4.75 Å². The first kappa shape index (κ1) is 13.2. The van der Waals surface area contributed by atoms with Crippen LogP contribution >= 0.6 is 11.8 Å². The van der Waals surface area contributed by atoms with Crippen LogP contribution in [0.5, 0.6) is 0 Å². The number of nitrogens with one attached hydrogen (secondary N) is 2. The van der Waals surface area contributed by atoms with Gasteiger partial charge in [-0.2, -0.15) is 11.8 Å². The van der Waals surface area contributed by atoms with Crippen LogP contribution in [0.1, 0.15) is 39.0 Å². The van der Waals surface area contributed by atoms with Crippen molar-refractivity contribution in [3.8, 4) is 0 Å². The summed E-state index contributed by atoms with van der Waals surface area (Å²) < 4.78 is 0.341. The Balaban J connectivity index is 1.84. The molecule has 17 heavy (non-hydrogen) atoms. The van der Waals surface area contributed by atoms with Gasteiger partial charge in [0.15, 0.2) is 0 Å². The van der Waals surface area contributed by atoms with E-state index in [2.05, 4.69) is 23.8 Å². The van der Waals surface area contributed by atoms with Gasteiger partial charge in [-0.25, -0.2) is 0 Å². The molecule has 2 N–H and O–H groups in total. The van der Waals surface area contributed by atoms with Gasteiger partial charge in [0.1, 0.15) is 0 Å². The summed E-state index contributed by atoms with van der Waals surface area (Å²) in [6, 6.07) is 0. The molecule has 0 radical (unpaired) electrons. The largest absolute Gasteiger partial charge is 0.354 e. The van der Waals surface area contributed by atoms with Gasteiger partial charge in [0, 0.05) is 17.8 Å². The summed E-state index contributed by atoms with van der Waals surface area (Å²) >= 11 is 1.92. The third-order valence-electron chi connectivity index (χ3n) is 4.41. The fraction of sp³-hybridized carbons (Fsp3) is 0.923. The molecule has 2 fully saturated rings. The van der Waals surface area contributed by atoms with E-state index in [1.54, 1.807) is 0 Å². The summed E-state index contributed by atoms with van der Waals surface area (Å²) in [5.74, 6) is 0.241. The molecular formula is C13H24N2OS. The molecule has 2 aliphatic rings. The number of piperidine rings is 1. The molecule has 1 atom stereocenters. The number of hydrogen-bond donors (Lipinski definition) is 2. The Morgan fingerprint density at radius 2 is 2.12 bits per heavy atom. The van der Waals surface area contributed by atoms with E-state index in [1.807, 2.05) is 11.8 Å². The molecule has 2 rings (SSSR count). The second kappa shape index (κ2) is 5.19. The Kier molecular flexibility index (Phi) is 4.03. The maximum absolute atomic E-state index is 12.3. The lowest BCUT2D eigenvalue weighted by molar-refractivity contribution is -0.131. The molecular weight excluding hydrogens is 232 g/mol. The first-order valence-electron chi connectivity index (χ1n) is 6.64. The molecule has 1 amide bonds. The van der Waals surface area contributed by atoms with Crippen molar-refractivity contribution in [2.24, 2.45) is 5.41 Å². The highest BCUT2D eigenvalue weighted by Crippen LogP contribution is 2.42. The number of thioether (sulfide) groups is 1. The summed E-state index contributed by atoms with van der Waals surface area (Å²) in [6.45, 7) is 4.81. The minimum atomic E-state index is -0.193. The summed E-state index contributed by atoms with van der Waals surface area (Å²) in [5.41, 5.74) is -0.193. The average molecular weight is 256 g/mol. The maximum atomic E-state index is 12.3. The Morgan fingerprint density at radius 1 is 1.35 bits per heavy atom. The molecule has 0 spiro atoms. The Hall–Kier alpha value is -0.220. The quantitative estimate of drug-likeness (QED) is 0.805. The number of carbonyl (C=O) groups is 1. The van der Waals surface area contributed by atoms with E-state index >= 15 is 0 Å². The first-order valence-corrected chi connectivity index (χ1v) is 7.87. The minimum Gasteiger partial charge on any atom is -0.354 e. The molecule has 1 saturated heterocycles. The standard InChI is InChI=1S/C13H24N2OS/c1-12(5-4-8-14-9-12)11(16)15-10-13(17-2)6-3-7-13/h14H,3-10H2,1-2H3,(H,15,16). The molecule has 3 nitrogen and oxygen atoms in total. The van der Waals surface area contributed by atoms with Crippen LogP contribution in [0.2, 0.25) is 0 Å². The highest BCUT2D eigenvalue weighted by atomic mass is 32.2. The van der Waals surface area contributed by atoms with E-state index in [1.165, 1.54) is 19.3 Å². The highest BCUT2D eigenvalue weighted by molar-refractivity contribution is 8.00. The van der Waals surface area contributed by atoms with E-state index in [0.717, 1.165) is 32.5 Å². The van der Waals surface area contributed by atoms with Gasteiger partial charge in [0.25, 0.3) is 0 Å². The molecule has 0 bridgehead atoms. The number of carbonyl (C=O) groups excluding carboxylic acids is 1. The molecule has 98 valence electrons. The molecule has 4 heteroatoms. The Morgan fingerprint density at radius 3 is 2.59 bits per heavy atom. The fourth-order valence-electron chi connectivity index (χ4n) is 2.73. The number of amides is 1. The van der Waals surface area contributed by atoms with Crippen LogP contribution in [0.25, 0.3) is 0 Å². The van der Waals surface area contributed by atoms with Crippen molar-refractivity contribution in [3.05, 3.63) is 0 Å². The molecule has 1 heterocycles. The molecule has 1 aliphatic carbocycles. The fourth-order valence-corrected chi connectivity index (χ4v) is 3.64. The van der Waals surface area contributed by atoms with Crippen LogP contribution < -0.4 is 10.6 Å². The van der Waals surface area contributed by atoms with Crippen molar-refractivity contribution >= 4 is 17.7 Å². The summed E-state index contributed by atoms with van der Waals surface area (Å²) in [4.78, 5) is 12.3. The van der Waals surface area contributed by atoms with Crippen molar-refractivity contribution in [2.75, 3.05) is 25.9 Å². The Bertz CT molecular complexity index is 278. The van der Waals surface area contributed by atoms with Crippen LogP contribution in [0.4, 0.5) is 0 Å². The zero-order chi connectivity index (χ0) is 12.4. The van der Waals surface area contributed by atoms with Gasteiger partial charge in [-0.15, -0.1) is 0 Å². The van der Waals surface area contributed by atoms with E-state index in [-0.39, 0.29) is 11.3 Å². The van der Waals surface area contributed by atoms with Crippen LogP contribution in [0.3, 0.4) is 0 Å². The van der Waals surface area contributed by atoms with Gasteiger partial charge in [0.2, 0.25) is 5.91 Å². The van der Waals surface area contributed by atoms with Gasteiger partial charge >= 0.3 is 0 Å². The second-order valence-electron chi connectivity index (χ2n) is 5.76. The maximum Gasteiger partial charge on any atom is 0.227 e. The van der Waals surface area contributed by atoms with Gasteiger partial charge in [0.05, 0.1) is 5.41 Å². The van der Waals surface area contributed by atoms with Crippen LogP contribution in [-0.2, 0) is 4.79 Å².